The Morgan fingerprint density at radius 3 is 2.61 bits per heavy atom. The monoisotopic (exact) mass is 443 g/mol. The molecule has 2 heterocycles. The topological polar surface area (TPSA) is 95.1 Å². The van der Waals surface area contributed by atoms with Crippen molar-refractivity contribution in [1.82, 2.24) is 4.40 Å². The zero-order valence-electron chi connectivity index (χ0n) is 18.7. The van der Waals surface area contributed by atoms with Gasteiger partial charge in [-0.15, -0.1) is 0 Å². The maximum atomic E-state index is 13.6. The third-order valence-corrected chi connectivity index (χ3v) is 5.63. The van der Waals surface area contributed by atoms with Crippen LogP contribution in [0, 0.1) is 6.92 Å². The van der Waals surface area contributed by atoms with Crippen molar-refractivity contribution in [3.63, 3.8) is 0 Å². The van der Waals surface area contributed by atoms with Crippen LogP contribution in [0.3, 0.4) is 0 Å². The number of nitrogens with two attached hydrogens (primary N) is 1. The fourth-order valence-electron chi connectivity index (χ4n) is 3.93. The first-order chi connectivity index (χ1) is 15.9. The number of nitrogen functional groups attached to an aromatic ring is 1. The fourth-order valence-corrected chi connectivity index (χ4v) is 3.93. The number of rotatable bonds is 7. The van der Waals surface area contributed by atoms with E-state index in [1.807, 2.05) is 60.0 Å². The lowest BCUT2D eigenvalue weighted by Crippen LogP contribution is -2.11. The van der Waals surface area contributed by atoms with E-state index in [0.717, 1.165) is 28.1 Å². The van der Waals surface area contributed by atoms with Crippen molar-refractivity contribution in [3.8, 4) is 5.75 Å². The zero-order chi connectivity index (χ0) is 23.5. The summed E-state index contributed by atoms with van der Waals surface area (Å²) in [6, 6.07) is 18.2. The minimum Gasteiger partial charge on any atom is -0.497 e. The summed E-state index contributed by atoms with van der Waals surface area (Å²) < 4.78 is 12.0. The molecule has 168 valence electrons. The van der Waals surface area contributed by atoms with Gasteiger partial charge in [0.15, 0.2) is 0 Å². The number of esters is 1. The number of pyridine rings is 1. The van der Waals surface area contributed by atoms with Gasteiger partial charge in [-0.05, 0) is 55.0 Å². The molecule has 0 atom stereocenters. The number of carbonyl (C=O) groups is 2. The van der Waals surface area contributed by atoms with Gasteiger partial charge in [0.1, 0.15) is 5.75 Å². The van der Waals surface area contributed by atoms with Gasteiger partial charge in [-0.25, -0.2) is 4.79 Å². The third kappa shape index (κ3) is 4.13. The highest BCUT2D eigenvalue weighted by atomic mass is 16.5. The minimum absolute atomic E-state index is 0.165. The quantitative estimate of drug-likeness (QED) is 0.249. The van der Waals surface area contributed by atoms with E-state index >= 15 is 0 Å². The predicted molar refractivity (Wildman–Crippen MR) is 128 cm³/mol. The molecule has 0 fully saturated rings. The lowest BCUT2D eigenvalue weighted by molar-refractivity contribution is 0.0602. The Bertz CT molecular complexity index is 1360. The van der Waals surface area contributed by atoms with Crippen molar-refractivity contribution in [2.75, 3.05) is 25.3 Å². The smallest absolute Gasteiger partial charge is 0.339 e. The molecule has 0 bridgehead atoms. The average Bonchev–Trinajstić information content (AvgIpc) is 3.13. The molecule has 0 radical (unpaired) electrons. The van der Waals surface area contributed by atoms with Gasteiger partial charge in [-0.2, -0.15) is 0 Å². The number of ketones is 1. The van der Waals surface area contributed by atoms with Crippen LogP contribution in [0.1, 0.15) is 37.5 Å². The van der Waals surface area contributed by atoms with Gasteiger partial charge in [-0.3, -0.25) is 4.79 Å². The summed E-state index contributed by atoms with van der Waals surface area (Å²) in [5.74, 6) is -0.0128. The van der Waals surface area contributed by atoms with Gasteiger partial charge in [0.05, 0.1) is 36.7 Å². The van der Waals surface area contributed by atoms with E-state index in [0.29, 0.717) is 17.8 Å². The second-order valence-electron chi connectivity index (χ2n) is 7.63. The largest absolute Gasteiger partial charge is 0.497 e. The van der Waals surface area contributed by atoms with Crippen LogP contribution in [0.5, 0.6) is 5.75 Å². The van der Waals surface area contributed by atoms with E-state index in [-0.39, 0.29) is 17.0 Å². The second-order valence-corrected chi connectivity index (χ2v) is 7.63. The van der Waals surface area contributed by atoms with Crippen LogP contribution in [0.15, 0.2) is 66.9 Å². The molecule has 0 saturated heterocycles. The first-order valence-electron chi connectivity index (χ1n) is 10.4. The SMILES string of the molecule is COC(=O)c1cc(C(=O)c2c(C)c(NCc3cccc(OC)c3)c3ccccn23)ccc1N. The normalized spacial score (nSPS) is 10.8. The zero-order valence-corrected chi connectivity index (χ0v) is 18.7. The van der Waals surface area contributed by atoms with Crippen LogP contribution in [-0.2, 0) is 11.3 Å². The Balaban J connectivity index is 1.74. The maximum Gasteiger partial charge on any atom is 0.339 e. The number of fused-ring (bicyclic) bond motifs is 1. The molecule has 4 aromatic rings. The molecule has 2 aromatic heterocycles. The van der Waals surface area contributed by atoms with Gasteiger partial charge in [0.2, 0.25) is 5.78 Å². The summed E-state index contributed by atoms with van der Waals surface area (Å²) in [5, 5.41) is 3.48. The predicted octanol–water partition coefficient (Wildman–Crippen LogP) is 4.47. The fraction of sp³-hybridized carbons (Fsp3) is 0.154. The molecule has 3 N–H and O–H groups in total. The van der Waals surface area contributed by atoms with Crippen LogP contribution in [-0.4, -0.2) is 30.4 Å². The molecule has 0 amide bonds. The first kappa shape index (κ1) is 22.0. The Morgan fingerprint density at radius 2 is 1.85 bits per heavy atom. The van der Waals surface area contributed by atoms with E-state index in [4.69, 9.17) is 15.2 Å². The van der Waals surface area contributed by atoms with Gasteiger partial charge in [0, 0.05) is 29.6 Å². The van der Waals surface area contributed by atoms with Crippen molar-refractivity contribution in [1.29, 1.82) is 0 Å². The summed E-state index contributed by atoms with van der Waals surface area (Å²) in [6.45, 7) is 2.47. The average molecular weight is 444 g/mol. The van der Waals surface area contributed by atoms with Gasteiger partial charge < -0.3 is 24.9 Å². The molecule has 2 aromatic carbocycles. The van der Waals surface area contributed by atoms with E-state index in [9.17, 15) is 9.59 Å². The number of methoxy groups -OCH3 is 2. The summed E-state index contributed by atoms with van der Waals surface area (Å²) >= 11 is 0. The molecule has 0 aliphatic heterocycles. The highest BCUT2D eigenvalue weighted by Crippen LogP contribution is 2.31. The molecule has 7 heteroatoms. The Kier molecular flexibility index (Phi) is 6.04. The molecule has 0 unspecified atom stereocenters. The third-order valence-electron chi connectivity index (χ3n) is 5.63. The van der Waals surface area contributed by atoms with Crippen molar-refractivity contribution in [2.45, 2.75) is 13.5 Å². The number of nitrogens with zero attached hydrogens (tertiary/aromatic N) is 1. The number of anilines is 2. The molecule has 0 spiro atoms. The highest BCUT2D eigenvalue weighted by molar-refractivity contribution is 6.12. The maximum absolute atomic E-state index is 13.6. The number of carbonyl (C=O) groups excluding carboxylic acids is 2. The van der Waals surface area contributed by atoms with Crippen LogP contribution in [0.25, 0.3) is 5.52 Å². The van der Waals surface area contributed by atoms with Crippen molar-refractivity contribution < 1.29 is 19.1 Å². The lowest BCUT2D eigenvalue weighted by atomic mass is 10.0. The van der Waals surface area contributed by atoms with Crippen LogP contribution < -0.4 is 15.8 Å². The summed E-state index contributed by atoms with van der Waals surface area (Å²) in [7, 11) is 2.92. The van der Waals surface area contributed by atoms with Crippen molar-refractivity contribution >= 4 is 28.6 Å². The molecule has 4 rings (SSSR count). The lowest BCUT2D eigenvalue weighted by Gasteiger charge is -2.09. The number of ether oxygens (including phenoxy) is 2. The summed E-state index contributed by atoms with van der Waals surface area (Å²) in [4.78, 5) is 25.6. The van der Waals surface area contributed by atoms with E-state index < -0.39 is 5.97 Å². The highest BCUT2D eigenvalue weighted by Gasteiger charge is 2.23. The number of nitrogens with one attached hydrogen (secondary N) is 1. The van der Waals surface area contributed by atoms with Gasteiger partial charge in [0.25, 0.3) is 0 Å². The molecule has 7 nitrogen and oxygen atoms in total. The van der Waals surface area contributed by atoms with Crippen LogP contribution in [0.2, 0.25) is 0 Å². The van der Waals surface area contributed by atoms with E-state index in [1.165, 1.54) is 13.2 Å². The van der Waals surface area contributed by atoms with E-state index in [1.54, 1.807) is 19.2 Å². The van der Waals surface area contributed by atoms with Gasteiger partial charge >= 0.3 is 5.97 Å². The second kappa shape index (κ2) is 9.08. The van der Waals surface area contributed by atoms with Crippen molar-refractivity contribution in [2.24, 2.45) is 0 Å². The standard InChI is InChI=1S/C26H25N3O4/c1-16-23(28-15-17-7-6-8-19(13-17)32-2)22-9-4-5-12-29(22)24(16)25(30)18-10-11-21(27)20(14-18)26(31)33-3/h4-14,28H,15,27H2,1-3H3. The Labute approximate surface area is 191 Å². The minimum atomic E-state index is -0.584. The molecule has 0 saturated carbocycles. The molecular weight excluding hydrogens is 418 g/mol. The molecule has 33 heavy (non-hydrogen) atoms. The Morgan fingerprint density at radius 1 is 1.03 bits per heavy atom. The number of benzene rings is 2. The van der Waals surface area contributed by atoms with E-state index in [2.05, 4.69) is 5.32 Å². The number of aromatic nitrogens is 1. The van der Waals surface area contributed by atoms with Gasteiger partial charge in [-0.1, -0.05) is 18.2 Å². The summed E-state index contributed by atoms with van der Waals surface area (Å²) in [5.41, 5.74) is 10.8. The van der Waals surface area contributed by atoms with Crippen molar-refractivity contribution in [3.05, 3.63) is 94.8 Å². The Hall–Kier alpha value is -4.26. The first-order valence-corrected chi connectivity index (χ1v) is 10.4. The summed E-state index contributed by atoms with van der Waals surface area (Å²) in [6.07, 6.45) is 1.85. The molecular formula is C26H25N3O4. The number of hydrogen-bond donors (Lipinski definition) is 2. The molecule has 0 aliphatic rings. The molecule has 0 aliphatic carbocycles. The van der Waals surface area contributed by atoms with Crippen LogP contribution >= 0.6 is 0 Å². The number of hydrogen-bond acceptors (Lipinski definition) is 6. The van der Waals surface area contributed by atoms with Crippen LogP contribution in [0.4, 0.5) is 11.4 Å².